The third-order valence-electron chi connectivity index (χ3n) is 5.82. The molecule has 2 N–H and O–H groups in total. The van der Waals surface area contributed by atoms with Gasteiger partial charge in [-0.1, -0.05) is 13.0 Å². The summed E-state index contributed by atoms with van der Waals surface area (Å²) in [6.45, 7) is 3.64. The summed E-state index contributed by atoms with van der Waals surface area (Å²) < 4.78 is 59.5. The molecular formula is C22H31N3O7S3. The molecule has 1 aromatic heterocycles. The number of nitrogens with zero attached hydrogens (tertiary/aromatic N) is 2. The number of aliphatic hydroxyl groups is 1. The summed E-state index contributed by atoms with van der Waals surface area (Å²) in [6.07, 6.45) is 0.339. The first kappa shape index (κ1) is 27.4. The van der Waals surface area contributed by atoms with E-state index in [2.05, 4.69) is 4.72 Å². The van der Waals surface area contributed by atoms with Gasteiger partial charge >= 0.3 is 0 Å². The van der Waals surface area contributed by atoms with E-state index in [0.29, 0.717) is 11.3 Å². The lowest BCUT2D eigenvalue weighted by atomic mass is 10.0. The van der Waals surface area contributed by atoms with Crippen LogP contribution in [0.25, 0.3) is 0 Å². The zero-order chi connectivity index (χ0) is 26.0. The van der Waals surface area contributed by atoms with Gasteiger partial charge in [-0.3, -0.25) is 9.52 Å². The van der Waals surface area contributed by atoms with E-state index in [4.69, 9.17) is 4.74 Å². The number of carbonyl (C=O) groups excluding carboxylic acids is 1. The van der Waals surface area contributed by atoms with E-state index in [1.165, 1.54) is 23.5 Å². The van der Waals surface area contributed by atoms with Gasteiger partial charge in [-0.15, -0.1) is 11.3 Å². The lowest BCUT2D eigenvalue weighted by Crippen LogP contribution is -2.48. The average molecular weight is 546 g/mol. The molecule has 194 valence electrons. The second-order valence-corrected chi connectivity index (χ2v) is 13.8. The highest BCUT2D eigenvalue weighted by Crippen LogP contribution is 2.30. The molecule has 1 aromatic carbocycles. The van der Waals surface area contributed by atoms with Gasteiger partial charge in [0.2, 0.25) is 15.9 Å². The fraction of sp³-hybridized carbons (Fsp3) is 0.500. The van der Waals surface area contributed by atoms with E-state index >= 15 is 0 Å². The monoisotopic (exact) mass is 545 g/mol. The number of anilines is 1. The number of amides is 1. The number of sulfonamides is 2. The molecule has 0 bridgehead atoms. The van der Waals surface area contributed by atoms with Crippen molar-refractivity contribution in [3.8, 4) is 5.75 Å². The molecule has 0 saturated carbocycles. The zero-order valence-electron chi connectivity index (χ0n) is 20.0. The lowest BCUT2D eigenvalue weighted by molar-refractivity contribution is -0.134. The first-order chi connectivity index (χ1) is 16.3. The SMILES string of the molecule is C[C@H]1CN([C@@H](C)CO)C(=O)Cc2cc(NS(C)(=O)=O)ccc2O[C@@H]1CN(C)S(=O)(=O)c1cccs1. The van der Waals surface area contributed by atoms with E-state index in [1.54, 1.807) is 35.4 Å². The molecule has 2 heterocycles. The molecular weight excluding hydrogens is 514 g/mol. The first-order valence-corrected chi connectivity index (χ1v) is 15.2. The Balaban J connectivity index is 1.99. The Morgan fingerprint density at radius 1 is 1.29 bits per heavy atom. The minimum atomic E-state index is -3.72. The molecule has 1 amide bonds. The molecule has 0 spiro atoms. The summed E-state index contributed by atoms with van der Waals surface area (Å²) in [4.78, 5) is 14.7. The summed E-state index contributed by atoms with van der Waals surface area (Å²) in [5.41, 5.74) is 0.743. The predicted octanol–water partition coefficient (Wildman–Crippen LogP) is 1.59. The Morgan fingerprint density at radius 2 is 2.00 bits per heavy atom. The van der Waals surface area contributed by atoms with Gasteiger partial charge in [-0.2, -0.15) is 4.31 Å². The van der Waals surface area contributed by atoms with Crippen LogP contribution in [0, 0.1) is 5.92 Å². The molecule has 10 nitrogen and oxygen atoms in total. The second kappa shape index (κ2) is 10.8. The highest BCUT2D eigenvalue weighted by molar-refractivity contribution is 7.92. The van der Waals surface area contributed by atoms with Crippen molar-refractivity contribution in [3.63, 3.8) is 0 Å². The molecule has 0 saturated heterocycles. The summed E-state index contributed by atoms with van der Waals surface area (Å²) >= 11 is 1.13. The van der Waals surface area contributed by atoms with E-state index in [1.807, 2.05) is 6.92 Å². The zero-order valence-corrected chi connectivity index (χ0v) is 22.5. The summed E-state index contributed by atoms with van der Waals surface area (Å²) in [5.74, 6) is -0.164. The van der Waals surface area contributed by atoms with Crippen LogP contribution < -0.4 is 9.46 Å². The summed E-state index contributed by atoms with van der Waals surface area (Å²) in [6, 6.07) is 7.40. The van der Waals surface area contributed by atoms with Crippen LogP contribution in [0.1, 0.15) is 19.4 Å². The Kier molecular flexibility index (Phi) is 8.48. The van der Waals surface area contributed by atoms with Gasteiger partial charge in [0.05, 0.1) is 31.9 Å². The number of fused-ring (bicyclic) bond motifs is 1. The second-order valence-electron chi connectivity index (χ2n) is 8.80. The van der Waals surface area contributed by atoms with E-state index < -0.39 is 32.2 Å². The minimum Gasteiger partial charge on any atom is -0.488 e. The Morgan fingerprint density at radius 3 is 2.60 bits per heavy atom. The van der Waals surface area contributed by atoms with Crippen LogP contribution in [0.5, 0.6) is 5.75 Å². The third-order valence-corrected chi connectivity index (χ3v) is 9.62. The number of rotatable bonds is 8. The van der Waals surface area contributed by atoms with Gasteiger partial charge in [-0.25, -0.2) is 16.8 Å². The standard InChI is InChI=1S/C22H31N3O7S3/c1-15-12-25(16(2)14-26)21(27)11-17-10-18(23-34(4,28)29)7-8-19(17)32-20(15)13-24(3)35(30,31)22-6-5-9-33-22/h5-10,15-16,20,23,26H,11-14H2,1-4H3/t15-,16-,20+/m0/s1. The Bertz CT molecular complexity index is 1250. The normalized spacial score (nSPS) is 20.4. The number of benzene rings is 1. The Hall–Kier alpha value is -2.19. The van der Waals surface area contributed by atoms with Gasteiger partial charge < -0.3 is 14.7 Å². The van der Waals surface area contributed by atoms with Crippen LogP contribution in [-0.2, 0) is 31.3 Å². The third kappa shape index (κ3) is 6.73. The van der Waals surface area contributed by atoms with E-state index in [-0.39, 0.29) is 47.8 Å². The molecule has 0 fully saturated rings. The van der Waals surface area contributed by atoms with Crippen molar-refractivity contribution < 1.29 is 31.5 Å². The smallest absolute Gasteiger partial charge is 0.252 e. The number of hydrogen-bond donors (Lipinski definition) is 2. The number of hydrogen-bond acceptors (Lipinski definition) is 8. The van der Waals surface area contributed by atoms with Crippen molar-refractivity contribution in [1.29, 1.82) is 0 Å². The predicted molar refractivity (Wildman–Crippen MR) is 135 cm³/mol. The van der Waals surface area contributed by atoms with Crippen molar-refractivity contribution in [2.24, 2.45) is 5.92 Å². The largest absolute Gasteiger partial charge is 0.488 e. The fourth-order valence-electron chi connectivity index (χ4n) is 3.84. The molecule has 13 heteroatoms. The fourth-order valence-corrected chi connectivity index (χ4v) is 6.78. The van der Waals surface area contributed by atoms with Crippen LogP contribution in [0.3, 0.4) is 0 Å². The molecule has 3 atom stereocenters. The molecule has 0 radical (unpaired) electrons. The number of carbonyl (C=O) groups is 1. The van der Waals surface area contributed by atoms with Gasteiger partial charge in [0.15, 0.2) is 0 Å². The number of ether oxygens (including phenoxy) is 1. The van der Waals surface area contributed by atoms with Gasteiger partial charge in [-0.05, 0) is 36.6 Å². The highest BCUT2D eigenvalue weighted by Gasteiger charge is 2.33. The number of aliphatic hydroxyl groups excluding tert-OH is 1. The number of nitrogens with one attached hydrogen (secondary N) is 1. The maximum Gasteiger partial charge on any atom is 0.252 e. The topological polar surface area (TPSA) is 133 Å². The van der Waals surface area contributed by atoms with E-state index in [9.17, 15) is 26.7 Å². The quantitative estimate of drug-likeness (QED) is 0.515. The number of likely N-dealkylation sites (N-methyl/N-ethyl adjacent to an activating group) is 1. The Labute approximate surface area is 210 Å². The summed E-state index contributed by atoms with van der Waals surface area (Å²) in [7, 11) is -5.77. The van der Waals surface area contributed by atoms with Crippen molar-refractivity contribution in [2.45, 2.75) is 36.6 Å². The van der Waals surface area contributed by atoms with Crippen molar-refractivity contribution in [1.82, 2.24) is 9.21 Å². The van der Waals surface area contributed by atoms with Gasteiger partial charge in [0, 0.05) is 30.8 Å². The molecule has 1 aliphatic heterocycles. The molecule has 0 unspecified atom stereocenters. The average Bonchev–Trinajstić information content (AvgIpc) is 3.32. The molecule has 35 heavy (non-hydrogen) atoms. The highest BCUT2D eigenvalue weighted by atomic mass is 32.2. The van der Waals surface area contributed by atoms with Gasteiger partial charge in [0.1, 0.15) is 16.1 Å². The van der Waals surface area contributed by atoms with Crippen LogP contribution in [-0.4, -0.2) is 82.2 Å². The van der Waals surface area contributed by atoms with Crippen molar-refractivity contribution >= 4 is 43.0 Å². The van der Waals surface area contributed by atoms with Crippen LogP contribution in [0.4, 0.5) is 5.69 Å². The minimum absolute atomic E-state index is 0.0275. The van der Waals surface area contributed by atoms with Crippen LogP contribution in [0.15, 0.2) is 39.9 Å². The van der Waals surface area contributed by atoms with Crippen molar-refractivity contribution in [2.75, 3.05) is 37.7 Å². The van der Waals surface area contributed by atoms with Crippen molar-refractivity contribution in [3.05, 3.63) is 41.3 Å². The van der Waals surface area contributed by atoms with E-state index in [0.717, 1.165) is 17.6 Å². The maximum atomic E-state index is 13.2. The maximum absolute atomic E-state index is 13.2. The summed E-state index contributed by atoms with van der Waals surface area (Å²) in [5, 5.41) is 11.4. The number of thiophene rings is 1. The lowest BCUT2D eigenvalue weighted by Gasteiger charge is -2.33. The first-order valence-electron chi connectivity index (χ1n) is 11.0. The van der Waals surface area contributed by atoms with Gasteiger partial charge in [0.25, 0.3) is 10.0 Å². The molecule has 3 rings (SSSR count). The molecule has 2 aromatic rings. The molecule has 1 aliphatic rings. The van der Waals surface area contributed by atoms with Crippen LogP contribution in [0.2, 0.25) is 0 Å². The van der Waals surface area contributed by atoms with Crippen LogP contribution >= 0.6 is 11.3 Å². The molecule has 0 aliphatic carbocycles.